The summed E-state index contributed by atoms with van der Waals surface area (Å²) in [5.41, 5.74) is 12.0. The van der Waals surface area contributed by atoms with E-state index in [0.717, 1.165) is 10.9 Å². The van der Waals surface area contributed by atoms with Gasteiger partial charge in [-0.15, -0.1) is 0 Å². The van der Waals surface area contributed by atoms with Crippen molar-refractivity contribution in [3.63, 3.8) is 0 Å². The lowest BCUT2D eigenvalue weighted by Gasteiger charge is -2.27. The number of anilines is 2. The molecular formula is C20H21ClFN9O10P2S3. The molecular weight excluding hydrogens is 739 g/mol. The Bertz CT molecular complexity index is 2010. The molecule has 7 rings (SSSR count). The Morgan fingerprint density at radius 3 is 2.59 bits per heavy atom. The van der Waals surface area contributed by atoms with Gasteiger partial charge >= 0.3 is 18.4 Å². The number of hydrogen-bond acceptors (Lipinski definition) is 18. The Morgan fingerprint density at radius 1 is 1.07 bits per heavy atom. The highest BCUT2D eigenvalue weighted by molar-refractivity contribution is 8.44. The third-order valence-electron chi connectivity index (χ3n) is 7.27. The van der Waals surface area contributed by atoms with Crippen LogP contribution < -0.4 is 16.3 Å². The number of nitrogen functional groups attached to an aromatic ring is 2. The second-order valence-electron chi connectivity index (χ2n) is 10.1. The number of halogens is 2. The number of ether oxygens (including phenoxy) is 2. The van der Waals surface area contributed by atoms with Crippen molar-refractivity contribution >= 4 is 93.7 Å². The smallest absolute Gasteiger partial charge is 0.386 e. The molecule has 2 bridgehead atoms. The molecule has 26 heteroatoms. The minimum atomic E-state index is -4.44. The topological polar surface area (TPSA) is 256 Å². The molecule has 46 heavy (non-hydrogen) atoms. The number of fused-ring (bicyclic) bond motifs is 5. The molecule has 3 aliphatic rings. The standard InChI is InChI=1S/C20H21ClFN9O10P2S3/c21-19-28-14(24)12-16(29-19)31(20(33)46-12)18-11-9(32)5(38-18)1-36-42(34,44)40-10-6(2-37-43(35,45)41-11)39-17(7(10)22)30-4-27-8-13(23)25-3-26-15(8)30/h3-7,9-11,17-18,32H,1-2H2,(H,34,44)(H,35,45)(H2,23,25,26)(H2,24,28,29)/t5-,6-,7-,9-,10-,11-,17-,18-,42?,43?/m1/s1. The van der Waals surface area contributed by atoms with Crippen molar-refractivity contribution in [3.8, 4) is 0 Å². The highest BCUT2D eigenvalue weighted by Gasteiger charge is 2.53. The van der Waals surface area contributed by atoms with E-state index < -0.39 is 80.8 Å². The molecule has 0 radical (unpaired) electrons. The maximum absolute atomic E-state index is 16.0. The third kappa shape index (κ3) is 5.75. The molecule has 0 aromatic carbocycles. The molecule has 6 N–H and O–H groups in total. The van der Waals surface area contributed by atoms with Crippen LogP contribution in [0.15, 0.2) is 17.4 Å². The second-order valence-corrected chi connectivity index (χ2v) is 17.1. The van der Waals surface area contributed by atoms with Crippen LogP contribution >= 0.6 is 48.7 Å². The number of alkyl halides is 1. The zero-order valence-electron chi connectivity index (χ0n) is 22.5. The molecule has 4 aromatic heterocycles. The molecule has 4 aromatic rings. The van der Waals surface area contributed by atoms with Crippen molar-refractivity contribution < 1.29 is 46.5 Å². The van der Waals surface area contributed by atoms with Crippen LogP contribution in [0.1, 0.15) is 12.5 Å². The second kappa shape index (κ2) is 11.9. The summed E-state index contributed by atoms with van der Waals surface area (Å²) in [5.74, 6) is -0.0485. The number of nitrogens with two attached hydrogens (primary N) is 2. The molecule has 19 nitrogen and oxygen atoms in total. The summed E-state index contributed by atoms with van der Waals surface area (Å²) in [6, 6.07) is 0. The minimum absolute atomic E-state index is 0.0414. The van der Waals surface area contributed by atoms with E-state index in [9.17, 15) is 19.4 Å². The molecule has 7 heterocycles. The van der Waals surface area contributed by atoms with Crippen molar-refractivity contribution in [2.24, 2.45) is 0 Å². The Balaban J connectivity index is 1.22. The largest absolute Gasteiger partial charge is 0.387 e. The fourth-order valence-corrected chi connectivity index (χ4v) is 9.17. The molecule has 2 unspecified atom stereocenters. The first-order valence-corrected chi connectivity index (χ1v) is 19.4. The van der Waals surface area contributed by atoms with Gasteiger partial charge in [0.2, 0.25) is 5.28 Å². The predicted octanol–water partition coefficient (Wildman–Crippen LogP) is 1.08. The summed E-state index contributed by atoms with van der Waals surface area (Å²) < 4.78 is 65.7. The number of aliphatic hydroxyl groups excluding tert-OH is 1. The monoisotopic (exact) mass is 759 g/mol. The molecule has 0 aliphatic carbocycles. The number of aromatic nitrogens is 7. The van der Waals surface area contributed by atoms with Gasteiger partial charge in [-0.3, -0.25) is 27.5 Å². The fraction of sp³-hybridized carbons (Fsp3) is 0.500. The van der Waals surface area contributed by atoms with Crippen LogP contribution in [0.5, 0.6) is 0 Å². The highest BCUT2D eigenvalue weighted by Crippen LogP contribution is 2.58. The summed E-state index contributed by atoms with van der Waals surface area (Å²) in [4.78, 5) is 43.5. The van der Waals surface area contributed by atoms with E-state index in [1.54, 1.807) is 0 Å². The first kappa shape index (κ1) is 32.6. The molecule has 0 spiro atoms. The van der Waals surface area contributed by atoms with E-state index in [0.29, 0.717) is 11.3 Å². The highest BCUT2D eigenvalue weighted by atomic mass is 35.5. The number of nitrogens with zero attached hydrogens (tertiary/aromatic N) is 7. The summed E-state index contributed by atoms with van der Waals surface area (Å²) >= 11 is 15.8. The number of rotatable bonds is 2. The molecule has 3 saturated heterocycles. The van der Waals surface area contributed by atoms with Gasteiger partial charge in [0.15, 0.2) is 35.7 Å². The zero-order chi connectivity index (χ0) is 32.7. The lowest BCUT2D eigenvalue weighted by molar-refractivity contribution is -0.0591. The van der Waals surface area contributed by atoms with Gasteiger partial charge in [-0.25, -0.2) is 23.9 Å². The Kier molecular flexibility index (Phi) is 8.42. The Hall–Kier alpha value is -1.95. The molecule has 0 amide bonds. The summed E-state index contributed by atoms with van der Waals surface area (Å²) in [6.07, 6.45) is -10.3. The number of aliphatic hydroxyl groups is 1. The number of thiol groups is 1. The van der Waals surface area contributed by atoms with Crippen molar-refractivity contribution in [1.29, 1.82) is 0 Å². The number of hydrogen-bond donors (Lipinski definition) is 5. The van der Waals surface area contributed by atoms with E-state index in [4.69, 9.17) is 62.4 Å². The minimum Gasteiger partial charge on any atom is -0.387 e. The van der Waals surface area contributed by atoms with Crippen molar-refractivity contribution in [1.82, 2.24) is 34.1 Å². The van der Waals surface area contributed by atoms with Gasteiger partial charge in [-0.05, 0) is 23.4 Å². The van der Waals surface area contributed by atoms with Crippen LogP contribution in [0.25, 0.3) is 21.5 Å². The van der Waals surface area contributed by atoms with Crippen LogP contribution in [0, 0.1) is 0 Å². The average Bonchev–Trinajstić information content (AvgIpc) is 3.71. The number of thiazole rings is 1. The van der Waals surface area contributed by atoms with Gasteiger partial charge in [0.05, 0.1) is 19.5 Å². The normalized spacial score (nSPS) is 37.2. The lowest BCUT2D eigenvalue weighted by atomic mass is 10.1. The first-order valence-electron chi connectivity index (χ1n) is 12.9. The predicted molar refractivity (Wildman–Crippen MR) is 164 cm³/mol. The molecule has 3 fully saturated rings. The van der Waals surface area contributed by atoms with Gasteiger partial charge in [0, 0.05) is 0 Å². The zero-order valence-corrected chi connectivity index (χ0v) is 27.6. The summed E-state index contributed by atoms with van der Waals surface area (Å²) in [7, 11) is 0. The van der Waals surface area contributed by atoms with Crippen molar-refractivity contribution in [2.45, 2.75) is 49.1 Å². The van der Waals surface area contributed by atoms with Crippen molar-refractivity contribution in [3.05, 3.63) is 27.6 Å². The quantitative estimate of drug-likeness (QED) is 0.109. The summed E-state index contributed by atoms with van der Waals surface area (Å²) in [5, 5.41) is 10.9. The van der Waals surface area contributed by atoms with Crippen LogP contribution in [0.3, 0.4) is 0 Å². The van der Waals surface area contributed by atoms with Crippen LogP contribution in [-0.2, 0) is 43.9 Å². The molecule has 3 aliphatic heterocycles. The van der Waals surface area contributed by atoms with E-state index >= 15 is 4.39 Å². The summed E-state index contributed by atoms with van der Waals surface area (Å²) in [6.45, 7) is -10.1. The first-order chi connectivity index (χ1) is 21.7. The van der Waals surface area contributed by atoms with E-state index in [-0.39, 0.29) is 38.4 Å². The molecule has 10 atom stereocenters. The van der Waals surface area contributed by atoms with E-state index in [2.05, 4.69) is 37.2 Å². The molecule has 248 valence electrons. The van der Waals surface area contributed by atoms with Gasteiger partial charge in [-0.1, -0.05) is 23.6 Å². The molecule has 0 saturated carbocycles. The van der Waals surface area contributed by atoms with Crippen LogP contribution in [0.2, 0.25) is 5.28 Å². The van der Waals surface area contributed by atoms with E-state index in [1.165, 1.54) is 10.9 Å². The van der Waals surface area contributed by atoms with Gasteiger partial charge < -0.3 is 35.5 Å². The van der Waals surface area contributed by atoms with E-state index in [1.807, 2.05) is 0 Å². The van der Waals surface area contributed by atoms with Crippen LogP contribution in [0.4, 0.5) is 16.0 Å². The Labute approximate surface area is 274 Å². The lowest BCUT2D eigenvalue weighted by Crippen LogP contribution is -2.36. The van der Waals surface area contributed by atoms with Gasteiger partial charge in [0.25, 0.3) is 0 Å². The Morgan fingerprint density at radius 2 is 1.80 bits per heavy atom. The van der Waals surface area contributed by atoms with Crippen molar-refractivity contribution in [2.75, 3.05) is 24.7 Å². The fourth-order valence-electron chi connectivity index (χ4n) is 5.25. The average molecular weight is 760 g/mol. The number of imidazole rings is 1. The van der Waals surface area contributed by atoms with Gasteiger partial charge in [0.1, 0.15) is 52.9 Å². The van der Waals surface area contributed by atoms with Gasteiger partial charge in [-0.2, -0.15) is 9.97 Å². The maximum atomic E-state index is 16.0. The maximum Gasteiger partial charge on any atom is 0.386 e. The third-order valence-corrected chi connectivity index (χ3v) is 11.6. The van der Waals surface area contributed by atoms with Crippen LogP contribution in [-0.4, -0.2) is 94.0 Å². The SMILES string of the molecule is Nc1ncnc2c1ncn2[C@@H]1O[C@@H]2COP(O)(=S)O[C@@H]3[C@H](O)[C@@H](COP(=O)(S)O[C@H]2[C@H]1F)O[C@H]3n1c(=O)sc2c(N)nc(Cl)nc21.